The second-order valence-electron chi connectivity index (χ2n) is 8.48. The highest BCUT2D eigenvalue weighted by atomic mass is 14.9. The number of hydrogen-bond acceptors (Lipinski definition) is 2. The van der Waals surface area contributed by atoms with E-state index in [0.29, 0.717) is 0 Å². The zero-order chi connectivity index (χ0) is 27.5. The largest absolute Gasteiger partial charge is 0.360 e. The first-order valence-electron chi connectivity index (χ1n) is 13.4. The second-order valence-corrected chi connectivity index (χ2v) is 8.48. The lowest BCUT2D eigenvalue weighted by atomic mass is 9.96. The van der Waals surface area contributed by atoms with Gasteiger partial charge in [0.05, 0.1) is 5.69 Å². The molecule has 2 aromatic rings. The first-order chi connectivity index (χ1) is 17.3. The molecule has 0 aliphatic rings. The third-order valence-corrected chi connectivity index (χ3v) is 6.01. The average Bonchev–Trinajstić information content (AvgIpc) is 3.26. The molecule has 36 heavy (non-hydrogen) atoms. The molecule has 0 radical (unpaired) electrons. The summed E-state index contributed by atoms with van der Waals surface area (Å²) in [5.41, 5.74) is 13.0. The first-order valence-corrected chi connectivity index (χ1v) is 13.4. The van der Waals surface area contributed by atoms with Crippen LogP contribution in [0.3, 0.4) is 0 Å². The molecule has 1 unspecified atom stereocenters. The van der Waals surface area contributed by atoms with Gasteiger partial charge >= 0.3 is 0 Å². The number of rotatable bonds is 11. The minimum atomic E-state index is 0.230. The van der Waals surface area contributed by atoms with Crippen molar-refractivity contribution in [2.24, 2.45) is 5.73 Å². The zero-order valence-corrected chi connectivity index (χ0v) is 24.0. The molecule has 0 fully saturated rings. The first kappa shape index (κ1) is 33.0. The number of benzene rings is 1. The molecule has 3 nitrogen and oxygen atoms in total. The number of aromatic nitrogens is 1. The Bertz CT molecular complexity index is 1070. The summed E-state index contributed by atoms with van der Waals surface area (Å²) in [6.07, 6.45) is 13.1. The van der Waals surface area contributed by atoms with Gasteiger partial charge in [0.2, 0.25) is 0 Å². The van der Waals surface area contributed by atoms with E-state index in [9.17, 15) is 0 Å². The maximum absolute atomic E-state index is 6.26. The van der Waals surface area contributed by atoms with Gasteiger partial charge in [-0.15, -0.1) is 0 Å². The van der Waals surface area contributed by atoms with Crippen molar-refractivity contribution in [2.75, 3.05) is 5.32 Å². The van der Waals surface area contributed by atoms with E-state index in [1.165, 1.54) is 16.7 Å². The molecule has 4 N–H and O–H groups in total. The molecule has 0 bridgehead atoms. The van der Waals surface area contributed by atoms with Crippen LogP contribution < -0.4 is 21.6 Å². The maximum atomic E-state index is 6.26. The van der Waals surface area contributed by atoms with Gasteiger partial charge < -0.3 is 16.0 Å². The second kappa shape index (κ2) is 19.2. The van der Waals surface area contributed by atoms with E-state index in [1.807, 2.05) is 39.1 Å². The number of nitrogens with one attached hydrogen (secondary N) is 2. The summed E-state index contributed by atoms with van der Waals surface area (Å²) in [5.74, 6) is 0. The normalized spacial score (nSPS) is 12.9. The lowest BCUT2D eigenvalue weighted by molar-refractivity contribution is 0.568. The van der Waals surface area contributed by atoms with Gasteiger partial charge in [-0.3, -0.25) is 0 Å². The van der Waals surface area contributed by atoms with E-state index >= 15 is 0 Å². The Labute approximate surface area is 221 Å². The molecule has 3 heteroatoms. The Hall–Kier alpha value is -3.04. The number of hydrogen-bond donors (Lipinski definition) is 3. The Balaban J connectivity index is 0.00000102. The highest BCUT2D eigenvalue weighted by Gasteiger charge is 2.11. The van der Waals surface area contributed by atoms with Crippen LogP contribution in [0.4, 0.5) is 5.69 Å². The maximum Gasteiger partial charge on any atom is 0.0644 e. The van der Waals surface area contributed by atoms with Gasteiger partial charge in [0.1, 0.15) is 0 Å². The Morgan fingerprint density at radius 1 is 1.08 bits per heavy atom. The van der Waals surface area contributed by atoms with Gasteiger partial charge in [0.25, 0.3) is 0 Å². The van der Waals surface area contributed by atoms with Gasteiger partial charge in [-0.1, -0.05) is 108 Å². The van der Waals surface area contributed by atoms with Crippen molar-refractivity contribution < 1.29 is 0 Å². The van der Waals surface area contributed by atoms with Crippen LogP contribution in [0, 0.1) is 0 Å². The lowest BCUT2D eigenvalue weighted by Crippen LogP contribution is -2.28. The van der Waals surface area contributed by atoms with Crippen LogP contribution in [0.5, 0.6) is 0 Å². The van der Waals surface area contributed by atoms with E-state index < -0.39 is 0 Å². The highest BCUT2D eigenvalue weighted by Crippen LogP contribution is 2.19. The number of H-pyrrole nitrogens is 1. The summed E-state index contributed by atoms with van der Waals surface area (Å²) in [7, 11) is 0. The van der Waals surface area contributed by atoms with Crippen LogP contribution in [0.1, 0.15) is 79.7 Å². The number of aryl methyl sites for hydroxylation is 1. The highest BCUT2D eigenvalue weighted by molar-refractivity contribution is 5.69. The number of allylic oxidation sites excluding steroid dienone is 4. The fraction of sp³-hybridized carbons (Fsp3) is 0.394. The Morgan fingerprint density at radius 2 is 1.72 bits per heavy atom. The fourth-order valence-corrected chi connectivity index (χ4v) is 3.81. The van der Waals surface area contributed by atoms with Crippen LogP contribution in [0.25, 0.3) is 12.2 Å². The third-order valence-electron chi connectivity index (χ3n) is 6.01. The van der Waals surface area contributed by atoms with Crippen molar-refractivity contribution >= 4 is 17.8 Å². The summed E-state index contributed by atoms with van der Waals surface area (Å²) in [6.45, 7) is 26.7. The third kappa shape index (κ3) is 11.1. The summed E-state index contributed by atoms with van der Waals surface area (Å²) >= 11 is 0. The zero-order valence-electron chi connectivity index (χ0n) is 24.0. The minimum Gasteiger partial charge on any atom is -0.360 e. The molecule has 0 saturated carbocycles. The standard InChI is InChI=1S/C23H35N3.C8H10.C2H6/c1-8-12-20(24)13-14-21(16(5)9-2)23-18(7)25-15-22(23)26-17(6)19(10-3)11-4;1-2-8-6-4-3-5-7-8;1-2/h9-11,15,20,25-26H,3,6-8,12-14,24H2,1-2,4-5H3;3-7H,2H2,1H3;1-2H3/b16-9-,19-11+,23-21+;;. The van der Waals surface area contributed by atoms with Crippen LogP contribution in [0.2, 0.25) is 0 Å². The van der Waals surface area contributed by atoms with Crippen molar-refractivity contribution in [3.05, 3.63) is 101 Å². The van der Waals surface area contributed by atoms with Crippen molar-refractivity contribution in [3.8, 4) is 0 Å². The van der Waals surface area contributed by atoms with Gasteiger partial charge in [0, 0.05) is 28.5 Å². The molecule has 2 rings (SSSR count). The van der Waals surface area contributed by atoms with E-state index in [0.717, 1.165) is 59.6 Å². The van der Waals surface area contributed by atoms with Crippen LogP contribution in [0.15, 0.2) is 84.8 Å². The molecular formula is C33H51N3. The molecule has 1 aromatic heterocycles. The SMILES string of the molecule is C=C/C(=C\C)C(=C)Nc1c[nH]c(=C)/c1=C(CCC(N)CCC)\C(C)=C/C.CC.CCc1ccccc1. The van der Waals surface area contributed by atoms with Crippen molar-refractivity contribution in [1.82, 2.24) is 4.98 Å². The predicted molar refractivity (Wildman–Crippen MR) is 164 cm³/mol. The van der Waals surface area contributed by atoms with Crippen molar-refractivity contribution in [1.29, 1.82) is 0 Å². The molecular weight excluding hydrogens is 438 g/mol. The van der Waals surface area contributed by atoms with Crippen LogP contribution in [-0.4, -0.2) is 11.0 Å². The number of nitrogens with two attached hydrogens (primary N) is 1. The lowest BCUT2D eigenvalue weighted by Gasteiger charge is -2.15. The smallest absolute Gasteiger partial charge is 0.0644 e. The summed E-state index contributed by atoms with van der Waals surface area (Å²) < 4.78 is 0. The monoisotopic (exact) mass is 489 g/mol. The Morgan fingerprint density at radius 3 is 2.19 bits per heavy atom. The van der Waals surface area contributed by atoms with E-state index in [4.69, 9.17) is 5.73 Å². The average molecular weight is 490 g/mol. The minimum absolute atomic E-state index is 0.230. The number of anilines is 1. The van der Waals surface area contributed by atoms with Gasteiger partial charge in [0.15, 0.2) is 0 Å². The molecule has 198 valence electrons. The molecule has 0 aliphatic heterocycles. The number of aromatic amines is 1. The summed E-state index contributed by atoms with van der Waals surface area (Å²) in [4.78, 5) is 3.25. The molecule has 1 atom stereocenters. The van der Waals surface area contributed by atoms with Gasteiger partial charge in [-0.05, 0) is 63.2 Å². The summed E-state index contributed by atoms with van der Waals surface area (Å²) in [6, 6.07) is 10.7. The molecule has 1 heterocycles. The molecule has 0 amide bonds. The molecule has 0 spiro atoms. The van der Waals surface area contributed by atoms with Gasteiger partial charge in [-0.25, -0.2) is 0 Å². The Kier molecular flexibility index (Phi) is 17.6. The van der Waals surface area contributed by atoms with E-state index in [2.05, 4.69) is 88.1 Å². The topological polar surface area (TPSA) is 53.8 Å². The van der Waals surface area contributed by atoms with Gasteiger partial charge in [-0.2, -0.15) is 0 Å². The van der Waals surface area contributed by atoms with Crippen LogP contribution >= 0.6 is 0 Å². The van der Waals surface area contributed by atoms with Crippen molar-refractivity contribution in [3.63, 3.8) is 0 Å². The van der Waals surface area contributed by atoms with E-state index in [-0.39, 0.29) is 6.04 Å². The van der Waals surface area contributed by atoms with E-state index in [1.54, 1.807) is 6.08 Å². The van der Waals surface area contributed by atoms with Crippen molar-refractivity contribution in [2.45, 2.75) is 86.6 Å². The molecule has 0 aliphatic carbocycles. The molecule has 0 saturated heterocycles. The predicted octanol–water partition coefficient (Wildman–Crippen LogP) is 7.78. The quantitative estimate of drug-likeness (QED) is 0.282. The molecule has 1 aromatic carbocycles. The van der Waals surface area contributed by atoms with Crippen LogP contribution in [-0.2, 0) is 6.42 Å². The summed E-state index contributed by atoms with van der Waals surface area (Å²) in [5, 5.41) is 5.44. The fourth-order valence-electron chi connectivity index (χ4n) is 3.81.